The van der Waals surface area contributed by atoms with Crippen LogP contribution in [0, 0.1) is 0 Å². The molecular weight excluding hydrogens is 342 g/mol. The van der Waals surface area contributed by atoms with E-state index in [1.807, 2.05) is 24.3 Å². The number of hydrogen-bond donors (Lipinski definition) is 1. The first-order valence-electron chi connectivity index (χ1n) is 8.82. The predicted molar refractivity (Wildman–Crippen MR) is 101 cm³/mol. The Bertz CT molecular complexity index is 934. The number of imidazole rings is 1. The summed E-state index contributed by atoms with van der Waals surface area (Å²) in [7, 11) is 0. The molecule has 136 valence electrons. The van der Waals surface area contributed by atoms with Crippen molar-refractivity contribution in [1.29, 1.82) is 0 Å². The van der Waals surface area contributed by atoms with Crippen LogP contribution in [0.3, 0.4) is 0 Å². The number of carbonyl (C=O) groups is 2. The number of rotatable bonds is 5. The standard InChI is InChI=1S/C20H19N5O2/c26-19-2-1-10-25(19)17-6-3-15(4-7-17)12-23-20(27)16-5-8-18(22-13-16)24-11-9-21-14-24/h3-9,11,13-14H,1-2,10,12H2,(H,23,27). The van der Waals surface area contributed by atoms with Crippen LogP contribution >= 0.6 is 0 Å². The third-order valence-electron chi connectivity index (χ3n) is 4.55. The minimum atomic E-state index is -0.182. The summed E-state index contributed by atoms with van der Waals surface area (Å²) in [5, 5.41) is 2.89. The zero-order valence-electron chi connectivity index (χ0n) is 14.7. The molecule has 2 aromatic heterocycles. The number of nitrogens with one attached hydrogen (secondary N) is 1. The zero-order chi connectivity index (χ0) is 18.6. The molecule has 7 heteroatoms. The monoisotopic (exact) mass is 361 g/mol. The van der Waals surface area contributed by atoms with Crippen LogP contribution in [0.4, 0.5) is 5.69 Å². The molecule has 0 unspecified atom stereocenters. The highest BCUT2D eigenvalue weighted by Crippen LogP contribution is 2.21. The lowest BCUT2D eigenvalue weighted by atomic mass is 10.2. The molecule has 0 saturated carbocycles. The fourth-order valence-electron chi connectivity index (χ4n) is 3.07. The van der Waals surface area contributed by atoms with Gasteiger partial charge in [0, 0.05) is 43.8 Å². The molecule has 3 heterocycles. The number of aromatic nitrogens is 3. The second-order valence-corrected chi connectivity index (χ2v) is 6.37. The van der Waals surface area contributed by atoms with Crippen molar-refractivity contribution in [1.82, 2.24) is 19.9 Å². The summed E-state index contributed by atoms with van der Waals surface area (Å²) in [6.45, 7) is 1.19. The second-order valence-electron chi connectivity index (χ2n) is 6.37. The van der Waals surface area contributed by atoms with Gasteiger partial charge in [0.1, 0.15) is 12.1 Å². The summed E-state index contributed by atoms with van der Waals surface area (Å²) in [6.07, 6.45) is 8.19. The Hall–Kier alpha value is -3.48. The largest absolute Gasteiger partial charge is 0.348 e. The molecule has 0 radical (unpaired) electrons. The van der Waals surface area contributed by atoms with Gasteiger partial charge in [-0.05, 0) is 36.2 Å². The second kappa shape index (κ2) is 7.41. The van der Waals surface area contributed by atoms with E-state index in [1.54, 1.807) is 46.5 Å². The first kappa shape index (κ1) is 17.0. The van der Waals surface area contributed by atoms with Crippen molar-refractivity contribution in [3.8, 4) is 5.82 Å². The summed E-state index contributed by atoms with van der Waals surface area (Å²) < 4.78 is 1.77. The van der Waals surface area contributed by atoms with Crippen molar-refractivity contribution >= 4 is 17.5 Å². The normalized spacial score (nSPS) is 13.8. The van der Waals surface area contributed by atoms with Crippen LogP contribution in [-0.4, -0.2) is 32.9 Å². The fraction of sp³-hybridized carbons (Fsp3) is 0.200. The number of carbonyl (C=O) groups excluding carboxylic acids is 2. The molecule has 3 aromatic rings. The minimum absolute atomic E-state index is 0.169. The SMILES string of the molecule is O=C(NCc1ccc(N2CCCC2=O)cc1)c1ccc(-n2ccnc2)nc1. The van der Waals surface area contributed by atoms with Crippen LogP contribution in [0.2, 0.25) is 0 Å². The van der Waals surface area contributed by atoms with Gasteiger partial charge in [0.2, 0.25) is 5.91 Å². The first-order chi connectivity index (χ1) is 13.2. The fourth-order valence-corrected chi connectivity index (χ4v) is 3.07. The summed E-state index contributed by atoms with van der Waals surface area (Å²) in [5.74, 6) is 0.692. The Balaban J connectivity index is 1.35. The Morgan fingerprint density at radius 3 is 2.63 bits per heavy atom. The molecule has 1 saturated heterocycles. The Labute approximate surface area is 156 Å². The van der Waals surface area contributed by atoms with Crippen molar-refractivity contribution in [3.63, 3.8) is 0 Å². The molecule has 0 aliphatic carbocycles. The average Bonchev–Trinajstić information content (AvgIpc) is 3.39. The molecule has 1 N–H and O–H groups in total. The molecule has 1 aliphatic heterocycles. The highest BCUT2D eigenvalue weighted by molar-refractivity contribution is 5.95. The van der Waals surface area contributed by atoms with Gasteiger partial charge in [0.15, 0.2) is 0 Å². The molecule has 7 nitrogen and oxygen atoms in total. The summed E-state index contributed by atoms with van der Waals surface area (Å²) in [4.78, 5) is 34.2. The molecule has 0 bridgehead atoms. The van der Waals surface area contributed by atoms with E-state index in [4.69, 9.17) is 0 Å². The smallest absolute Gasteiger partial charge is 0.253 e. The van der Waals surface area contributed by atoms with Gasteiger partial charge >= 0.3 is 0 Å². The van der Waals surface area contributed by atoms with E-state index in [2.05, 4.69) is 15.3 Å². The molecule has 0 atom stereocenters. The molecule has 1 aromatic carbocycles. The van der Waals surface area contributed by atoms with Crippen LogP contribution in [-0.2, 0) is 11.3 Å². The van der Waals surface area contributed by atoms with Gasteiger partial charge in [-0.15, -0.1) is 0 Å². The summed E-state index contributed by atoms with van der Waals surface area (Å²) in [6, 6.07) is 11.2. The van der Waals surface area contributed by atoms with E-state index in [9.17, 15) is 9.59 Å². The van der Waals surface area contributed by atoms with Gasteiger partial charge in [-0.3, -0.25) is 14.2 Å². The highest BCUT2D eigenvalue weighted by Gasteiger charge is 2.21. The lowest BCUT2D eigenvalue weighted by molar-refractivity contribution is -0.117. The van der Waals surface area contributed by atoms with Crippen molar-refractivity contribution < 1.29 is 9.59 Å². The van der Waals surface area contributed by atoms with Crippen molar-refractivity contribution in [2.45, 2.75) is 19.4 Å². The van der Waals surface area contributed by atoms with Gasteiger partial charge in [0.25, 0.3) is 5.91 Å². The zero-order valence-corrected chi connectivity index (χ0v) is 14.7. The number of amides is 2. The number of hydrogen-bond acceptors (Lipinski definition) is 4. The number of benzene rings is 1. The van der Waals surface area contributed by atoms with Crippen LogP contribution < -0.4 is 10.2 Å². The number of anilines is 1. The van der Waals surface area contributed by atoms with Crippen LogP contribution in [0.1, 0.15) is 28.8 Å². The lowest BCUT2D eigenvalue weighted by Crippen LogP contribution is -2.24. The number of pyridine rings is 1. The summed E-state index contributed by atoms with van der Waals surface area (Å²) in [5.41, 5.74) is 2.38. The molecule has 2 amide bonds. The van der Waals surface area contributed by atoms with Gasteiger partial charge in [-0.25, -0.2) is 9.97 Å². The molecular formula is C20H19N5O2. The van der Waals surface area contributed by atoms with Gasteiger partial charge in [-0.2, -0.15) is 0 Å². The maximum absolute atomic E-state index is 12.3. The predicted octanol–water partition coefficient (Wildman–Crippen LogP) is 2.32. The lowest BCUT2D eigenvalue weighted by Gasteiger charge is -2.16. The molecule has 4 rings (SSSR count). The topological polar surface area (TPSA) is 80.1 Å². The van der Waals surface area contributed by atoms with Gasteiger partial charge < -0.3 is 10.2 Å². The van der Waals surface area contributed by atoms with Crippen LogP contribution in [0.5, 0.6) is 0 Å². The summed E-state index contributed by atoms with van der Waals surface area (Å²) >= 11 is 0. The van der Waals surface area contributed by atoms with E-state index in [-0.39, 0.29) is 11.8 Å². The van der Waals surface area contributed by atoms with E-state index < -0.39 is 0 Å². The van der Waals surface area contributed by atoms with E-state index >= 15 is 0 Å². The maximum atomic E-state index is 12.3. The third kappa shape index (κ3) is 3.72. The Morgan fingerprint density at radius 2 is 2.00 bits per heavy atom. The molecule has 27 heavy (non-hydrogen) atoms. The van der Waals surface area contributed by atoms with Gasteiger partial charge in [-0.1, -0.05) is 12.1 Å². The van der Waals surface area contributed by atoms with E-state index in [0.717, 1.165) is 24.2 Å². The van der Waals surface area contributed by atoms with Crippen LogP contribution in [0.25, 0.3) is 5.82 Å². The Morgan fingerprint density at radius 1 is 1.15 bits per heavy atom. The quantitative estimate of drug-likeness (QED) is 0.756. The third-order valence-corrected chi connectivity index (χ3v) is 4.55. The van der Waals surface area contributed by atoms with Gasteiger partial charge in [0.05, 0.1) is 5.56 Å². The van der Waals surface area contributed by atoms with Crippen molar-refractivity contribution in [3.05, 3.63) is 72.4 Å². The average molecular weight is 361 g/mol. The highest BCUT2D eigenvalue weighted by atomic mass is 16.2. The van der Waals surface area contributed by atoms with E-state index in [0.29, 0.717) is 24.3 Å². The minimum Gasteiger partial charge on any atom is -0.348 e. The van der Waals surface area contributed by atoms with Crippen molar-refractivity contribution in [2.75, 3.05) is 11.4 Å². The van der Waals surface area contributed by atoms with Crippen molar-refractivity contribution in [2.24, 2.45) is 0 Å². The molecule has 0 spiro atoms. The first-order valence-corrected chi connectivity index (χ1v) is 8.82. The number of nitrogens with zero attached hydrogens (tertiary/aromatic N) is 4. The molecule has 1 aliphatic rings. The van der Waals surface area contributed by atoms with E-state index in [1.165, 1.54) is 0 Å². The Kier molecular flexibility index (Phi) is 4.65. The maximum Gasteiger partial charge on any atom is 0.253 e. The molecule has 1 fully saturated rings. The van der Waals surface area contributed by atoms with Crippen LogP contribution in [0.15, 0.2) is 61.3 Å².